The SMILES string of the molecule is Cc1ccc(C(=O)[C@H](C)OC(=O)Cn2c(=O)oc3ccccc32)cc1C. The number of hydrogen-bond acceptors (Lipinski definition) is 5. The average molecular weight is 353 g/mol. The van der Waals surface area contributed by atoms with Crippen molar-refractivity contribution >= 4 is 22.9 Å². The molecule has 0 amide bonds. The van der Waals surface area contributed by atoms with Crippen molar-refractivity contribution < 1.29 is 18.7 Å². The third-order valence-electron chi connectivity index (χ3n) is 4.33. The standard InChI is InChI=1S/C20H19NO5/c1-12-8-9-15(10-13(12)2)19(23)14(3)25-18(22)11-21-16-6-4-5-7-17(16)26-20(21)24/h4-10,14H,11H2,1-3H3/t14-/m0/s1. The van der Waals surface area contributed by atoms with Crippen LogP contribution in [0.4, 0.5) is 0 Å². The Morgan fingerprint density at radius 2 is 1.85 bits per heavy atom. The van der Waals surface area contributed by atoms with Gasteiger partial charge in [0, 0.05) is 5.56 Å². The minimum Gasteiger partial charge on any atom is -0.453 e. The fourth-order valence-electron chi connectivity index (χ4n) is 2.71. The van der Waals surface area contributed by atoms with Crippen LogP contribution in [0, 0.1) is 13.8 Å². The molecule has 3 rings (SSSR count). The highest BCUT2D eigenvalue weighted by Gasteiger charge is 2.21. The summed E-state index contributed by atoms with van der Waals surface area (Å²) < 4.78 is 11.5. The molecule has 0 radical (unpaired) electrons. The minimum atomic E-state index is -0.946. The molecule has 0 fully saturated rings. The van der Waals surface area contributed by atoms with Gasteiger partial charge < -0.3 is 9.15 Å². The van der Waals surface area contributed by atoms with E-state index in [4.69, 9.17) is 9.15 Å². The van der Waals surface area contributed by atoms with Gasteiger partial charge >= 0.3 is 11.7 Å². The smallest absolute Gasteiger partial charge is 0.420 e. The summed E-state index contributed by atoms with van der Waals surface area (Å²) in [5.74, 6) is -1.61. The topological polar surface area (TPSA) is 78.5 Å². The summed E-state index contributed by atoms with van der Waals surface area (Å²) in [7, 11) is 0. The van der Waals surface area contributed by atoms with Crippen LogP contribution in [0.3, 0.4) is 0 Å². The fraction of sp³-hybridized carbons (Fsp3) is 0.250. The van der Waals surface area contributed by atoms with Crippen molar-refractivity contribution in [3.8, 4) is 0 Å². The lowest BCUT2D eigenvalue weighted by molar-refractivity contribution is -0.147. The number of benzene rings is 2. The minimum absolute atomic E-state index is 0.286. The second-order valence-corrected chi connectivity index (χ2v) is 6.22. The number of carbonyl (C=O) groups is 2. The summed E-state index contributed by atoms with van der Waals surface area (Å²) in [5, 5.41) is 0. The number of Topliss-reactive ketones (excluding diaryl/α,β-unsaturated/α-hetero) is 1. The van der Waals surface area contributed by atoms with Crippen molar-refractivity contribution in [2.24, 2.45) is 0 Å². The van der Waals surface area contributed by atoms with Gasteiger partial charge in [0.1, 0.15) is 6.54 Å². The lowest BCUT2D eigenvalue weighted by Crippen LogP contribution is -2.28. The third kappa shape index (κ3) is 3.44. The van der Waals surface area contributed by atoms with Gasteiger partial charge in [-0.05, 0) is 50.1 Å². The van der Waals surface area contributed by atoms with Gasteiger partial charge in [-0.25, -0.2) is 4.79 Å². The van der Waals surface area contributed by atoms with Crippen LogP contribution >= 0.6 is 0 Å². The van der Waals surface area contributed by atoms with Crippen LogP contribution in [0.5, 0.6) is 0 Å². The first-order chi connectivity index (χ1) is 12.4. The number of carbonyl (C=O) groups excluding carboxylic acids is 2. The molecule has 6 heteroatoms. The highest BCUT2D eigenvalue weighted by atomic mass is 16.5. The van der Waals surface area contributed by atoms with Crippen molar-refractivity contribution in [1.82, 2.24) is 4.57 Å². The lowest BCUT2D eigenvalue weighted by atomic mass is 10.0. The van der Waals surface area contributed by atoms with Crippen molar-refractivity contribution in [2.75, 3.05) is 0 Å². The normalized spacial score (nSPS) is 12.1. The predicted octanol–water partition coefficient (Wildman–Crippen LogP) is 3.03. The van der Waals surface area contributed by atoms with Crippen LogP contribution in [-0.2, 0) is 16.1 Å². The maximum absolute atomic E-state index is 12.5. The van der Waals surface area contributed by atoms with Gasteiger partial charge in [0.05, 0.1) is 5.52 Å². The highest BCUT2D eigenvalue weighted by molar-refractivity contribution is 6.00. The Balaban J connectivity index is 1.72. The van der Waals surface area contributed by atoms with Crippen LogP contribution in [0.1, 0.15) is 28.4 Å². The summed E-state index contributed by atoms with van der Waals surface area (Å²) in [6.07, 6.45) is -0.946. The molecule has 0 aliphatic carbocycles. The number of rotatable bonds is 5. The van der Waals surface area contributed by atoms with Crippen LogP contribution < -0.4 is 5.76 Å². The number of aryl methyl sites for hydroxylation is 2. The van der Waals surface area contributed by atoms with Crippen molar-refractivity contribution in [3.05, 3.63) is 69.7 Å². The van der Waals surface area contributed by atoms with Gasteiger partial charge in [0.15, 0.2) is 11.7 Å². The van der Waals surface area contributed by atoms with E-state index in [9.17, 15) is 14.4 Å². The Labute approximate surface area is 150 Å². The number of nitrogens with zero attached hydrogens (tertiary/aromatic N) is 1. The molecule has 134 valence electrons. The molecule has 6 nitrogen and oxygen atoms in total. The summed E-state index contributed by atoms with van der Waals surface area (Å²) >= 11 is 0. The first-order valence-corrected chi connectivity index (χ1v) is 8.26. The van der Waals surface area contributed by atoms with Gasteiger partial charge in [-0.2, -0.15) is 0 Å². The van der Waals surface area contributed by atoms with Crippen molar-refractivity contribution in [2.45, 2.75) is 33.4 Å². The van der Waals surface area contributed by atoms with Gasteiger partial charge in [0.2, 0.25) is 5.78 Å². The van der Waals surface area contributed by atoms with Gasteiger partial charge in [-0.15, -0.1) is 0 Å². The van der Waals surface area contributed by atoms with Gasteiger partial charge in [-0.3, -0.25) is 14.2 Å². The number of ether oxygens (including phenoxy) is 1. The average Bonchev–Trinajstić information content (AvgIpc) is 2.92. The van der Waals surface area contributed by atoms with E-state index < -0.39 is 17.8 Å². The zero-order valence-corrected chi connectivity index (χ0v) is 14.8. The lowest BCUT2D eigenvalue weighted by Gasteiger charge is -2.13. The molecule has 1 aromatic heterocycles. The summed E-state index contributed by atoms with van der Waals surface area (Å²) in [5.41, 5.74) is 3.45. The van der Waals surface area contributed by atoms with Gasteiger partial charge in [-0.1, -0.05) is 24.3 Å². The predicted molar refractivity (Wildman–Crippen MR) is 96.3 cm³/mol. The molecule has 3 aromatic rings. The zero-order chi connectivity index (χ0) is 18.8. The zero-order valence-electron chi connectivity index (χ0n) is 14.8. The Morgan fingerprint density at radius 3 is 2.58 bits per heavy atom. The van der Waals surface area contributed by atoms with Crippen LogP contribution in [0.15, 0.2) is 51.7 Å². The number of para-hydroxylation sites is 2. The summed E-state index contributed by atoms with van der Waals surface area (Å²) in [6, 6.07) is 12.1. The Hall–Kier alpha value is -3.15. The highest BCUT2D eigenvalue weighted by Crippen LogP contribution is 2.14. The Kier molecular flexibility index (Phi) is 4.75. The molecule has 0 saturated carbocycles. The van der Waals surface area contributed by atoms with Crippen LogP contribution in [0.2, 0.25) is 0 Å². The Bertz CT molecular complexity index is 1040. The number of oxazole rings is 1. The van der Waals surface area contributed by atoms with Gasteiger partial charge in [0.25, 0.3) is 0 Å². The monoisotopic (exact) mass is 353 g/mol. The first-order valence-electron chi connectivity index (χ1n) is 8.26. The van der Waals surface area contributed by atoms with Crippen LogP contribution in [-0.4, -0.2) is 22.4 Å². The molecular formula is C20H19NO5. The summed E-state index contributed by atoms with van der Waals surface area (Å²) in [4.78, 5) is 36.6. The molecule has 0 aliphatic rings. The molecular weight excluding hydrogens is 334 g/mol. The number of ketones is 1. The molecule has 1 atom stereocenters. The molecule has 0 N–H and O–H groups in total. The van der Waals surface area contributed by atoms with E-state index in [0.29, 0.717) is 16.7 Å². The molecule has 0 aliphatic heterocycles. The molecule has 0 saturated heterocycles. The number of esters is 1. The molecule has 26 heavy (non-hydrogen) atoms. The van der Waals surface area contributed by atoms with Crippen molar-refractivity contribution in [1.29, 1.82) is 0 Å². The molecule has 0 bridgehead atoms. The quantitative estimate of drug-likeness (QED) is 0.520. The van der Waals surface area contributed by atoms with E-state index >= 15 is 0 Å². The van der Waals surface area contributed by atoms with E-state index in [-0.39, 0.29) is 12.3 Å². The number of aromatic nitrogens is 1. The second kappa shape index (κ2) is 7.00. The van der Waals surface area contributed by atoms with E-state index in [1.54, 1.807) is 36.4 Å². The van der Waals surface area contributed by atoms with E-state index in [0.717, 1.165) is 11.1 Å². The maximum Gasteiger partial charge on any atom is 0.420 e. The number of hydrogen-bond donors (Lipinski definition) is 0. The van der Waals surface area contributed by atoms with Crippen LogP contribution in [0.25, 0.3) is 11.1 Å². The fourth-order valence-corrected chi connectivity index (χ4v) is 2.71. The molecule has 2 aromatic carbocycles. The van der Waals surface area contributed by atoms with E-state index in [1.807, 2.05) is 19.9 Å². The first kappa shape index (κ1) is 17.7. The Morgan fingerprint density at radius 1 is 1.12 bits per heavy atom. The third-order valence-corrected chi connectivity index (χ3v) is 4.33. The largest absolute Gasteiger partial charge is 0.453 e. The maximum atomic E-state index is 12.5. The molecule has 1 heterocycles. The molecule has 0 unspecified atom stereocenters. The van der Waals surface area contributed by atoms with E-state index in [2.05, 4.69) is 0 Å². The summed E-state index contributed by atoms with van der Waals surface area (Å²) in [6.45, 7) is 5.07. The van der Waals surface area contributed by atoms with Crippen molar-refractivity contribution in [3.63, 3.8) is 0 Å². The van der Waals surface area contributed by atoms with E-state index in [1.165, 1.54) is 11.5 Å². The number of fused-ring (bicyclic) bond motifs is 1. The second-order valence-electron chi connectivity index (χ2n) is 6.22. The molecule has 0 spiro atoms.